The van der Waals surface area contributed by atoms with Crippen molar-refractivity contribution in [2.45, 2.75) is 6.54 Å². The average Bonchev–Trinajstić information content (AvgIpc) is 2.73. The molecule has 0 amide bonds. The van der Waals surface area contributed by atoms with Crippen LogP contribution in [0.1, 0.15) is 11.3 Å². The highest BCUT2D eigenvalue weighted by molar-refractivity contribution is 9.10. The van der Waals surface area contributed by atoms with Crippen LogP contribution >= 0.6 is 28.1 Å². The number of anilines is 1. The highest BCUT2D eigenvalue weighted by Gasteiger charge is 2.06. The molecule has 1 heterocycles. The Labute approximate surface area is 119 Å². The first-order chi connectivity index (χ1) is 8.56. The first-order valence-corrected chi connectivity index (χ1v) is 6.58. The van der Waals surface area contributed by atoms with E-state index in [4.69, 9.17) is 18.0 Å². The van der Waals surface area contributed by atoms with Crippen molar-refractivity contribution < 1.29 is 0 Å². The fraction of sp³-hybridized carbons (Fsp3) is 0.167. The lowest BCUT2D eigenvalue weighted by atomic mass is 10.1. The van der Waals surface area contributed by atoms with Crippen LogP contribution in [0, 0.1) is 0 Å². The number of nitrogens with one attached hydrogen (secondary N) is 1. The Morgan fingerprint density at radius 2 is 2.28 bits per heavy atom. The van der Waals surface area contributed by atoms with Gasteiger partial charge in [0.25, 0.3) is 0 Å². The minimum absolute atomic E-state index is 0.375. The SMILES string of the molecule is Cn1ccc(CNc2ccc(Br)cc2C(N)=S)n1. The van der Waals surface area contributed by atoms with E-state index >= 15 is 0 Å². The Bertz CT molecular complexity index is 579. The quantitative estimate of drug-likeness (QED) is 0.848. The van der Waals surface area contributed by atoms with Crippen LogP contribution in [0.25, 0.3) is 0 Å². The van der Waals surface area contributed by atoms with Crippen LogP contribution in [0.15, 0.2) is 34.9 Å². The van der Waals surface area contributed by atoms with Gasteiger partial charge >= 0.3 is 0 Å². The van der Waals surface area contributed by atoms with Crippen LogP contribution in [-0.2, 0) is 13.6 Å². The maximum atomic E-state index is 5.71. The number of hydrogen-bond donors (Lipinski definition) is 2. The van der Waals surface area contributed by atoms with Gasteiger partial charge in [-0.1, -0.05) is 28.1 Å². The van der Waals surface area contributed by atoms with Gasteiger partial charge < -0.3 is 11.1 Å². The second-order valence-electron chi connectivity index (χ2n) is 3.89. The molecule has 0 aliphatic rings. The number of thiocarbonyl (C=S) groups is 1. The number of rotatable bonds is 4. The molecule has 2 aromatic rings. The van der Waals surface area contributed by atoms with Gasteiger partial charge in [-0.2, -0.15) is 5.10 Å². The van der Waals surface area contributed by atoms with Crippen LogP contribution in [0.4, 0.5) is 5.69 Å². The Hall–Kier alpha value is -1.40. The zero-order valence-electron chi connectivity index (χ0n) is 9.85. The standard InChI is InChI=1S/C12H13BrN4S/c1-17-5-4-9(16-17)7-15-11-3-2-8(13)6-10(11)12(14)18/h2-6,15H,7H2,1H3,(H2,14,18). The molecule has 0 spiro atoms. The van der Waals surface area contributed by atoms with E-state index in [9.17, 15) is 0 Å². The minimum atomic E-state index is 0.375. The first kappa shape index (κ1) is 13.0. The van der Waals surface area contributed by atoms with Crippen LogP contribution in [0.2, 0.25) is 0 Å². The van der Waals surface area contributed by atoms with Crippen LogP contribution in [0.3, 0.4) is 0 Å². The maximum absolute atomic E-state index is 5.71. The van der Waals surface area contributed by atoms with Gasteiger partial charge in [-0.25, -0.2) is 0 Å². The molecule has 0 aliphatic carbocycles. The fourth-order valence-corrected chi connectivity index (χ4v) is 2.15. The third-order valence-corrected chi connectivity index (χ3v) is 3.19. The highest BCUT2D eigenvalue weighted by atomic mass is 79.9. The van der Waals surface area contributed by atoms with Crippen molar-refractivity contribution in [3.8, 4) is 0 Å². The van der Waals surface area contributed by atoms with Crippen molar-refractivity contribution >= 4 is 38.8 Å². The van der Waals surface area contributed by atoms with E-state index in [1.807, 2.05) is 37.5 Å². The second kappa shape index (κ2) is 5.49. The Morgan fingerprint density at radius 3 is 2.89 bits per heavy atom. The largest absolute Gasteiger partial charge is 0.389 e. The van der Waals surface area contributed by atoms with Crippen molar-refractivity contribution in [3.63, 3.8) is 0 Å². The zero-order chi connectivity index (χ0) is 13.1. The molecule has 0 bridgehead atoms. The van der Waals surface area contributed by atoms with Crippen LogP contribution in [-0.4, -0.2) is 14.8 Å². The predicted octanol–water partition coefficient (Wildman–Crippen LogP) is 2.43. The average molecular weight is 325 g/mol. The summed E-state index contributed by atoms with van der Waals surface area (Å²) in [5.41, 5.74) is 8.42. The van der Waals surface area contributed by atoms with Crippen molar-refractivity contribution in [1.29, 1.82) is 0 Å². The molecular formula is C12H13BrN4S. The Morgan fingerprint density at radius 1 is 1.50 bits per heavy atom. The number of halogens is 1. The number of aromatic nitrogens is 2. The minimum Gasteiger partial charge on any atom is -0.389 e. The smallest absolute Gasteiger partial charge is 0.106 e. The molecule has 0 atom stereocenters. The van der Waals surface area contributed by atoms with E-state index in [2.05, 4.69) is 26.3 Å². The molecule has 0 unspecified atom stereocenters. The van der Waals surface area contributed by atoms with E-state index < -0.39 is 0 Å². The fourth-order valence-electron chi connectivity index (χ4n) is 1.62. The van der Waals surface area contributed by atoms with Gasteiger partial charge in [-0.05, 0) is 24.3 Å². The monoisotopic (exact) mass is 324 g/mol. The number of benzene rings is 1. The lowest BCUT2D eigenvalue weighted by Gasteiger charge is -2.10. The summed E-state index contributed by atoms with van der Waals surface area (Å²) in [6, 6.07) is 7.76. The summed E-state index contributed by atoms with van der Waals surface area (Å²) in [4.78, 5) is 0.375. The number of nitrogens with two attached hydrogens (primary N) is 1. The molecule has 18 heavy (non-hydrogen) atoms. The summed E-state index contributed by atoms with van der Waals surface area (Å²) in [7, 11) is 1.89. The summed E-state index contributed by atoms with van der Waals surface area (Å²) in [5, 5.41) is 7.59. The predicted molar refractivity (Wildman–Crippen MR) is 80.6 cm³/mol. The summed E-state index contributed by atoms with van der Waals surface area (Å²) >= 11 is 8.45. The molecule has 0 aliphatic heterocycles. The van der Waals surface area contributed by atoms with E-state index in [1.165, 1.54) is 0 Å². The van der Waals surface area contributed by atoms with Crippen molar-refractivity contribution in [1.82, 2.24) is 9.78 Å². The van der Waals surface area contributed by atoms with Crippen molar-refractivity contribution in [2.24, 2.45) is 12.8 Å². The van der Waals surface area contributed by atoms with Gasteiger partial charge in [-0.3, -0.25) is 4.68 Å². The van der Waals surface area contributed by atoms with Gasteiger partial charge in [-0.15, -0.1) is 0 Å². The molecular weight excluding hydrogens is 312 g/mol. The lowest BCUT2D eigenvalue weighted by Crippen LogP contribution is -2.13. The second-order valence-corrected chi connectivity index (χ2v) is 5.24. The number of hydrogen-bond acceptors (Lipinski definition) is 3. The summed E-state index contributed by atoms with van der Waals surface area (Å²) < 4.78 is 2.72. The molecule has 4 nitrogen and oxygen atoms in total. The molecule has 1 aromatic heterocycles. The van der Waals surface area contributed by atoms with E-state index in [1.54, 1.807) is 4.68 Å². The topological polar surface area (TPSA) is 55.9 Å². The van der Waals surface area contributed by atoms with E-state index in [-0.39, 0.29) is 0 Å². The van der Waals surface area contributed by atoms with Gasteiger partial charge in [0.05, 0.1) is 12.2 Å². The third kappa shape index (κ3) is 3.08. The maximum Gasteiger partial charge on any atom is 0.106 e. The zero-order valence-corrected chi connectivity index (χ0v) is 12.3. The van der Waals surface area contributed by atoms with E-state index in [0.29, 0.717) is 11.5 Å². The molecule has 0 radical (unpaired) electrons. The molecule has 6 heteroatoms. The Balaban J connectivity index is 2.16. The number of nitrogens with zero attached hydrogens (tertiary/aromatic N) is 2. The molecule has 0 saturated heterocycles. The van der Waals surface area contributed by atoms with Crippen molar-refractivity contribution in [2.75, 3.05) is 5.32 Å². The molecule has 94 valence electrons. The first-order valence-electron chi connectivity index (χ1n) is 5.38. The van der Waals surface area contributed by atoms with Gasteiger partial charge in [0.2, 0.25) is 0 Å². The summed E-state index contributed by atoms with van der Waals surface area (Å²) in [5.74, 6) is 0. The number of aryl methyl sites for hydroxylation is 1. The summed E-state index contributed by atoms with van der Waals surface area (Å²) in [6.45, 7) is 0.637. The van der Waals surface area contributed by atoms with Crippen LogP contribution in [0.5, 0.6) is 0 Å². The molecule has 2 rings (SSSR count). The normalized spacial score (nSPS) is 10.3. The van der Waals surface area contributed by atoms with Gasteiger partial charge in [0.15, 0.2) is 0 Å². The molecule has 0 saturated carbocycles. The molecule has 0 fully saturated rings. The lowest BCUT2D eigenvalue weighted by molar-refractivity contribution is 0.747. The van der Waals surface area contributed by atoms with Crippen molar-refractivity contribution in [3.05, 3.63) is 46.2 Å². The third-order valence-electron chi connectivity index (χ3n) is 2.48. The van der Waals surface area contributed by atoms with Gasteiger partial charge in [0, 0.05) is 29.0 Å². The van der Waals surface area contributed by atoms with E-state index in [0.717, 1.165) is 21.4 Å². The summed E-state index contributed by atoms with van der Waals surface area (Å²) in [6.07, 6.45) is 1.91. The Kier molecular flexibility index (Phi) is 3.98. The highest BCUT2D eigenvalue weighted by Crippen LogP contribution is 2.21. The molecule has 3 N–H and O–H groups in total. The van der Waals surface area contributed by atoms with Crippen LogP contribution < -0.4 is 11.1 Å². The van der Waals surface area contributed by atoms with Gasteiger partial charge in [0.1, 0.15) is 4.99 Å². The molecule has 1 aromatic carbocycles.